The van der Waals surface area contributed by atoms with Gasteiger partial charge in [0.25, 0.3) is 0 Å². The first-order chi connectivity index (χ1) is 8.81. The van der Waals surface area contributed by atoms with Crippen LogP contribution in [-0.2, 0) is 23.9 Å². The second kappa shape index (κ2) is 11.1. The second-order valence-electron chi connectivity index (χ2n) is 3.09. The molecule has 0 aliphatic rings. The van der Waals surface area contributed by atoms with Crippen molar-refractivity contribution < 1.29 is 33.9 Å². The Morgan fingerprint density at radius 2 is 1.79 bits per heavy atom. The van der Waals surface area contributed by atoms with Crippen molar-refractivity contribution in [3.63, 3.8) is 0 Å². The molecule has 9 nitrogen and oxygen atoms in total. The van der Waals surface area contributed by atoms with Gasteiger partial charge in [-0.2, -0.15) is 0 Å². The van der Waals surface area contributed by atoms with Gasteiger partial charge in [0, 0.05) is 11.8 Å². The highest BCUT2D eigenvalue weighted by Crippen LogP contribution is 1.99. The van der Waals surface area contributed by atoms with Crippen LogP contribution in [0.5, 0.6) is 0 Å². The molecule has 0 heterocycles. The number of hydrogen-bond donors (Lipinski definition) is 1. The summed E-state index contributed by atoms with van der Waals surface area (Å²) in [4.78, 5) is 39.3. The number of carbonyl (C=O) groups excluding carboxylic acids is 3. The summed E-state index contributed by atoms with van der Waals surface area (Å²) in [6.45, 7) is 4.70. The number of rotatable bonds is 6. The van der Waals surface area contributed by atoms with Crippen LogP contribution < -0.4 is 0 Å². The first-order valence-corrected chi connectivity index (χ1v) is 5.41. The van der Waals surface area contributed by atoms with Crippen LogP contribution in [0.2, 0.25) is 0 Å². The summed E-state index contributed by atoms with van der Waals surface area (Å²) in [6, 6.07) is -1.33. The van der Waals surface area contributed by atoms with Crippen LogP contribution in [0.1, 0.15) is 20.8 Å². The summed E-state index contributed by atoms with van der Waals surface area (Å²) in [5, 5.41) is 19.1. The number of nitrogens with zero attached hydrogens (tertiary/aromatic N) is 1. The molecule has 0 saturated carbocycles. The maximum atomic E-state index is 10.7. The number of aliphatic hydroxyl groups is 1. The number of hydrogen-bond acceptors (Lipinski definition) is 8. The molecule has 0 spiro atoms. The number of nitro groups is 1. The van der Waals surface area contributed by atoms with Crippen molar-refractivity contribution in [2.24, 2.45) is 0 Å². The molecule has 1 N–H and O–H groups in total. The Labute approximate surface area is 109 Å². The number of esters is 2. The van der Waals surface area contributed by atoms with Gasteiger partial charge in [0.2, 0.25) is 18.4 Å². The van der Waals surface area contributed by atoms with Gasteiger partial charge in [0.05, 0.1) is 13.2 Å². The molecule has 110 valence electrons. The van der Waals surface area contributed by atoms with E-state index < -0.39 is 29.0 Å². The standard InChI is InChI=1S/C6H11NO5.C4H6O3/c1-3-12-6(9)5(8)4(2)7(10)11;1-2-7-4(6)3-5/h4-5,8H,3H2,1-2H3;3H,2H2,1H3. The first-order valence-electron chi connectivity index (χ1n) is 5.41. The molecule has 0 aliphatic heterocycles. The van der Waals surface area contributed by atoms with E-state index in [1.807, 2.05) is 0 Å². The van der Waals surface area contributed by atoms with Gasteiger partial charge < -0.3 is 14.6 Å². The number of aldehydes is 1. The molecule has 0 fully saturated rings. The van der Waals surface area contributed by atoms with E-state index in [1.165, 1.54) is 0 Å². The Kier molecular flexibility index (Phi) is 11.3. The fourth-order valence-corrected chi connectivity index (χ4v) is 0.716. The lowest BCUT2D eigenvalue weighted by Crippen LogP contribution is -2.38. The van der Waals surface area contributed by atoms with Gasteiger partial charge in [0.1, 0.15) is 0 Å². The summed E-state index contributed by atoms with van der Waals surface area (Å²) in [6.07, 6.45) is -1.54. The van der Waals surface area contributed by atoms with Crippen LogP contribution in [-0.4, -0.2) is 53.6 Å². The van der Waals surface area contributed by atoms with Crippen LogP contribution in [0, 0.1) is 10.1 Å². The maximum absolute atomic E-state index is 10.7. The second-order valence-corrected chi connectivity index (χ2v) is 3.09. The summed E-state index contributed by atoms with van der Waals surface area (Å²) >= 11 is 0. The minimum atomic E-state index is -1.68. The fraction of sp³-hybridized carbons (Fsp3) is 0.700. The zero-order valence-corrected chi connectivity index (χ0v) is 10.9. The predicted octanol–water partition coefficient (Wildman–Crippen LogP) is -0.676. The average molecular weight is 279 g/mol. The smallest absolute Gasteiger partial charge is 0.371 e. The molecule has 0 amide bonds. The van der Waals surface area contributed by atoms with E-state index in [-0.39, 0.29) is 19.5 Å². The minimum Gasteiger partial charge on any atom is -0.464 e. The van der Waals surface area contributed by atoms with Gasteiger partial charge in [0.15, 0.2) is 0 Å². The zero-order chi connectivity index (χ0) is 15.4. The minimum absolute atomic E-state index is 0.0975. The number of carbonyl (C=O) groups is 3. The van der Waals surface area contributed by atoms with Gasteiger partial charge in [-0.3, -0.25) is 14.9 Å². The molecule has 0 rings (SSSR count). The normalized spacial score (nSPS) is 12.2. The van der Waals surface area contributed by atoms with Crippen LogP contribution in [0.4, 0.5) is 0 Å². The Bertz CT molecular complexity index is 317. The quantitative estimate of drug-likeness (QED) is 0.222. The van der Waals surface area contributed by atoms with Crippen LogP contribution in [0.3, 0.4) is 0 Å². The topological polar surface area (TPSA) is 133 Å². The van der Waals surface area contributed by atoms with Crippen molar-refractivity contribution in [2.75, 3.05) is 13.2 Å². The molecule has 19 heavy (non-hydrogen) atoms. The van der Waals surface area contributed by atoms with Gasteiger partial charge >= 0.3 is 11.9 Å². The van der Waals surface area contributed by atoms with Crippen molar-refractivity contribution in [3.05, 3.63) is 10.1 Å². The Morgan fingerprint density at radius 1 is 1.32 bits per heavy atom. The zero-order valence-electron chi connectivity index (χ0n) is 10.9. The molecule has 0 saturated heterocycles. The Hall–Kier alpha value is -2.03. The number of aliphatic hydroxyl groups excluding tert-OH is 1. The van der Waals surface area contributed by atoms with Crippen LogP contribution in [0.25, 0.3) is 0 Å². The lowest BCUT2D eigenvalue weighted by Gasteiger charge is -2.10. The molecular weight excluding hydrogens is 262 g/mol. The summed E-state index contributed by atoms with van der Waals surface area (Å²) in [5.41, 5.74) is 0. The summed E-state index contributed by atoms with van der Waals surface area (Å²) < 4.78 is 8.57. The van der Waals surface area contributed by atoms with E-state index in [0.29, 0.717) is 0 Å². The molecule has 9 heteroatoms. The highest BCUT2D eigenvalue weighted by atomic mass is 16.6. The monoisotopic (exact) mass is 279 g/mol. The maximum Gasteiger partial charge on any atom is 0.371 e. The van der Waals surface area contributed by atoms with E-state index in [4.69, 9.17) is 5.11 Å². The van der Waals surface area contributed by atoms with Crippen molar-refractivity contribution >= 4 is 18.2 Å². The third kappa shape index (κ3) is 9.65. The highest BCUT2D eigenvalue weighted by Gasteiger charge is 2.31. The molecule has 0 aromatic rings. The third-order valence-electron chi connectivity index (χ3n) is 1.70. The Balaban J connectivity index is 0. The average Bonchev–Trinajstić information content (AvgIpc) is 2.38. The lowest BCUT2D eigenvalue weighted by molar-refractivity contribution is -0.527. The summed E-state index contributed by atoms with van der Waals surface area (Å²) in [7, 11) is 0. The van der Waals surface area contributed by atoms with Crippen molar-refractivity contribution in [1.29, 1.82) is 0 Å². The van der Waals surface area contributed by atoms with E-state index in [9.17, 15) is 24.5 Å². The molecule has 0 bridgehead atoms. The van der Waals surface area contributed by atoms with Gasteiger partial charge in [-0.1, -0.05) is 0 Å². The molecule has 2 unspecified atom stereocenters. The van der Waals surface area contributed by atoms with E-state index in [1.54, 1.807) is 13.8 Å². The van der Waals surface area contributed by atoms with Gasteiger partial charge in [-0.25, -0.2) is 9.59 Å². The van der Waals surface area contributed by atoms with Crippen LogP contribution >= 0.6 is 0 Å². The van der Waals surface area contributed by atoms with Gasteiger partial charge in [-0.15, -0.1) is 0 Å². The molecule has 0 aliphatic carbocycles. The van der Waals surface area contributed by atoms with E-state index >= 15 is 0 Å². The van der Waals surface area contributed by atoms with Crippen LogP contribution in [0.15, 0.2) is 0 Å². The predicted molar refractivity (Wildman–Crippen MR) is 61.8 cm³/mol. The fourth-order valence-electron chi connectivity index (χ4n) is 0.716. The third-order valence-corrected chi connectivity index (χ3v) is 1.70. The largest absolute Gasteiger partial charge is 0.464 e. The lowest BCUT2D eigenvalue weighted by atomic mass is 10.2. The van der Waals surface area contributed by atoms with E-state index in [0.717, 1.165) is 6.92 Å². The number of ether oxygens (including phenoxy) is 2. The van der Waals surface area contributed by atoms with Crippen molar-refractivity contribution in [3.8, 4) is 0 Å². The van der Waals surface area contributed by atoms with E-state index in [2.05, 4.69) is 9.47 Å². The molecule has 2 atom stereocenters. The van der Waals surface area contributed by atoms with Crippen molar-refractivity contribution in [1.82, 2.24) is 0 Å². The summed E-state index contributed by atoms with van der Waals surface area (Å²) in [5.74, 6) is -1.76. The molecule has 0 aromatic carbocycles. The SMILES string of the molecule is CCOC(=O)C(O)C(C)[N+](=O)[O-].CCOC(=O)C=O. The molecular formula is C10H17NO8. The highest BCUT2D eigenvalue weighted by molar-refractivity contribution is 6.20. The van der Waals surface area contributed by atoms with Gasteiger partial charge in [-0.05, 0) is 13.8 Å². The molecule has 0 radical (unpaired) electrons. The molecule has 0 aromatic heterocycles. The van der Waals surface area contributed by atoms with Crippen molar-refractivity contribution in [2.45, 2.75) is 32.9 Å². The Morgan fingerprint density at radius 3 is 2.05 bits per heavy atom. The first kappa shape index (κ1) is 19.3.